The Morgan fingerprint density at radius 3 is 2.76 bits per heavy atom. The van der Waals surface area contributed by atoms with E-state index in [9.17, 15) is 9.59 Å². The first-order valence-corrected chi connectivity index (χ1v) is 13.3. The van der Waals surface area contributed by atoms with E-state index in [0.29, 0.717) is 35.8 Å². The number of carbonyl (C=O) groups excluding carboxylic acids is 2. The van der Waals surface area contributed by atoms with Gasteiger partial charge in [0, 0.05) is 35.7 Å². The summed E-state index contributed by atoms with van der Waals surface area (Å²) in [5.41, 5.74) is 9.75. The maximum absolute atomic E-state index is 12.9. The van der Waals surface area contributed by atoms with E-state index in [1.807, 2.05) is 23.9 Å². The first-order valence-electron chi connectivity index (χ1n) is 12.5. The van der Waals surface area contributed by atoms with Crippen LogP contribution < -0.4 is 11.1 Å². The fourth-order valence-corrected chi connectivity index (χ4v) is 6.09. The van der Waals surface area contributed by atoms with Crippen molar-refractivity contribution in [2.45, 2.75) is 45.7 Å². The normalized spacial score (nSPS) is 15.4. The number of methoxy groups -OCH3 is 1. The molecule has 1 aliphatic heterocycles. The number of nitrogens with zero attached hydrogens (tertiary/aromatic N) is 6. The SMILES string of the molecule is COCCn1cc(-c2sc3c(C(N)=O)cnn3c2-c2cc(NC(=O)CN3CCCC3(C)C)cnc2C)cn1. The molecule has 0 bridgehead atoms. The van der Waals surface area contributed by atoms with Gasteiger partial charge in [0.2, 0.25) is 5.91 Å². The van der Waals surface area contributed by atoms with Crippen LogP contribution in [0.2, 0.25) is 0 Å². The molecular formula is C26H32N8O3S. The number of aryl methyl sites for hydroxylation is 1. The fraction of sp³-hybridized carbons (Fsp3) is 0.423. The lowest BCUT2D eigenvalue weighted by Crippen LogP contribution is -2.42. The zero-order valence-corrected chi connectivity index (χ0v) is 22.8. The number of ether oxygens (including phenoxy) is 1. The highest BCUT2D eigenvalue weighted by Gasteiger charge is 2.33. The molecule has 4 aromatic heterocycles. The van der Waals surface area contributed by atoms with Gasteiger partial charge in [0.15, 0.2) is 0 Å². The van der Waals surface area contributed by atoms with E-state index in [1.54, 1.807) is 24.0 Å². The summed E-state index contributed by atoms with van der Waals surface area (Å²) in [5.74, 6) is -0.627. The number of pyridine rings is 1. The summed E-state index contributed by atoms with van der Waals surface area (Å²) in [6.45, 7) is 8.62. The predicted octanol–water partition coefficient (Wildman–Crippen LogP) is 3.19. The van der Waals surface area contributed by atoms with Crippen LogP contribution in [0.5, 0.6) is 0 Å². The monoisotopic (exact) mass is 536 g/mol. The number of nitrogens with two attached hydrogens (primary N) is 1. The number of aromatic nitrogens is 5. The third-order valence-electron chi connectivity index (χ3n) is 7.07. The Balaban J connectivity index is 1.53. The molecule has 1 aliphatic rings. The van der Waals surface area contributed by atoms with E-state index in [0.717, 1.165) is 46.8 Å². The molecule has 5 rings (SSSR count). The largest absolute Gasteiger partial charge is 0.383 e. The van der Waals surface area contributed by atoms with Crippen LogP contribution in [-0.2, 0) is 16.1 Å². The number of likely N-dealkylation sites (tertiary alicyclic amines) is 1. The average Bonchev–Trinajstić information content (AvgIpc) is 3.63. The molecule has 0 radical (unpaired) electrons. The van der Waals surface area contributed by atoms with Gasteiger partial charge in [0.1, 0.15) is 4.83 Å². The molecule has 200 valence electrons. The minimum Gasteiger partial charge on any atom is -0.383 e. The minimum atomic E-state index is -0.546. The van der Waals surface area contributed by atoms with Crippen molar-refractivity contribution in [1.29, 1.82) is 0 Å². The van der Waals surface area contributed by atoms with Gasteiger partial charge in [0.05, 0.1) is 60.1 Å². The van der Waals surface area contributed by atoms with E-state index >= 15 is 0 Å². The first kappa shape index (κ1) is 26.0. The molecule has 0 atom stereocenters. The highest BCUT2D eigenvalue weighted by atomic mass is 32.1. The van der Waals surface area contributed by atoms with Crippen LogP contribution in [0.25, 0.3) is 26.5 Å². The molecule has 11 nitrogen and oxygen atoms in total. The lowest BCUT2D eigenvalue weighted by molar-refractivity contribution is -0.118. The van der Waals surface area contributed by atoms with Gasteiger partial charge in [-0.1, -0.05) is 0 Å². The number of primary amides is 1. The summed E-state index contributed by atoms with van der Waals surface area (Å²) in [6.07, 6.45) is 9.02. The lowest BCUT2D eigenvalue weighted by Gasteiger charge is -2.30. The Hall–Kier alpha value is -3.61. The highest BCUT2D eigenvalue weighted by Crippen LogP contribution is 2.41. The number of rotatable bonds is 9. The van der Waals surface area contributed by atoms with Gasteiger partial charge in [-0.3, -0.25) is 24.2 Å². The molecule has 0 aliphatic carbocycles. The molecule has 4 aromatic rings. The Kier molecular flexibility index (Phi) is 7.03. The van der Waals surface area contributed by atoms with Crippen LogP contribution >= 0.6 is 11.3 Å². The van der Waals surface area contributed by atoms with Crippen LogP contribution in [0.3, 0.4) is 0 Å². The number of anilines is 1. The van der Waals surface area contributed by atoms with E-state index in [4.69, 9.17) is 10.5 Å². The topological polar surface area (TPSA) is 133 Å². The van der Waals surface area contributed by atoms with Crippen LogP contribution in [0, 0.1) is 6.92 Å². The molecule has 2 amide bonds. The lowest BCUT2D eigenvalue weighted by atomic mass is 10.0. The van der Waals surface area contributed by atoms with Crippen LogP contribution in [-0.4, -0.2) is 73.4 Å². The number of nitrogens with one attached hydrogen (secondary N) is 1. The molecule has 0 aromatic carbocycles. The average molecular weight is 537 g/mol. The number of hydrogen-bond acceptors (Lipinski definition) is 8. The number of amides is 2. The molecule has 0 unspecified atom stereocenters. The third kappa shape index (κ3) is 4.94. The zero-order chi connectivity index (χ0) is 27.0. The maximum atomic E-state index is 12.9. The molecule has 5 heterocycles. The molecule has 0 saturated carbocycles. The molecule has 1 saturated heterocycles. The Labute approximate surface area is 224 Å². The van der Waals surface area contributed by atoms with Crippen molar-refractivity contribution in [2.24, 2.45) is 5.73 Å². The van der Waals surface area contributed by atoms with Crippen LogP contribution in [0.1, 0.15) is 42.7 Å². The Morgan fingerprint density at radius 1 is 1.24 bits per heavy atom. The standard InChI is InChI=1S/C26H32N8O3S/c1-16-19(10-18(12-28-16)31-21(35)15-32-7-5-6-26(32,2)3)22-23(17-11-29-33(14-17)8-9-37-4)38-25-20(24(27)36)13-30-34(22)25/h10-14H,5-9,15H2,1-4H3,(H2,27,36)(H,31,35). The number of carbonyl (C=O) groups is 2. The number of fused-ring (bicyclic) bond motifs is 1. The smallest absolute Gasteiger partial charge is 0.253 e. The minimum absolute atomic E-state index is 0.0110. The first-order chi connectivity index (χ1) is 18.2. The third-order valence-corrected chi connectivity index (χ3v) is 8.29. The summed E-state index contributed by atoms with van der Waals surface area (Å²) in [5, 5.41) is 12.0. The quantitative estimate of drug-likeness (QED) is 0.336. The molecule has 3 N–H and O–H groups in total. The Morgan fingerprint density at radius 2 is 2.05 bits per heavy atom. The summed E-state index contributed by atoms with van der Waals surface area (Å²) >= 11 is 1.41. The van der Waals surface area contributed by atoms with Gasteiger partial charge >= 0.3 is 0 Å². The van der Waals surface area contributed by atoms with Gasteiger partial charge in [-0.25, -0.2) is 4.52 Å². The second kappa shape index (κ2) is 10.3. The van der Waals surface area contributed by atoms with Crippen molar-refractivity contribution in [2.75, 3.05) is 32.1 Å². The van der Waals surface area contributed by atoms with Gasteiger partial charge in [-0.05, 0) is 46.2 Å². The fourth-order valence-electron chi connectivity index (χ4n) is 4.90. The highest BCUT2D eigenvalue weighted by molar-refractivity contribution is 7.21. The summed E-state index contributed by atoms with van der Waals surface area (Å²) in [6, 6.07) is 1.90. The molecule has 38 heavy (non-hydrogen) atoms. The second-order valence-corrected chi connectivity index (χ2v) is 11.1. The van der Waals surface area contributed by atoms with Gasteiger partial charge in [0.25, 0.3) is 5.91 Å². The summed E-state index contributed by atoms with van der Waals surface area (Å²) in [4.78, 5) is 33.3. The summed E-state index contributed by atoms with van der Waals surface area (Å²) < 4.78 is 8.70. The second-order valence-electron chi connectivity index (χ2n) is 10.1. The van der Waals surface area contributed by atoms with Crippen molar-refractivity contribution in [3.63, 3.8) is 0 Å². The van der Waals surface area contributed by atoms with Crippen LogP contribution in [0.15, 0.2) is 30.9 Å². The van der Waals surface area contributed by atoms with Gasteiger partial charge in [-0.15, -0.1) is 11.3 Å². The zero-order valence-electron chi connectivity index (χ0n) is 22.0. The number of hydrogen-bond donors (Lipinski definition) is 2. The maximum Gasteiger partial charge on any atom is 0.253 e. The van der Waals surface area contributed by atoms with E-state index in [-0.39, 0.29) is 11.4 Å². The molecule has 1 fully saturated rings. The molecule has 0 spiro atoms. The predicted molar refractivity (Wildman–Crippen MR) is 146 cm³/mol. The van der Waals surface area contributed by atoms with Crippen molar-refractivity contribution >= 4 is 33.7 Å². The van der Waals surface area contributed by atoms with Crippen molar-refractivity contribution in [1.82, 2.24) is 29.3 Å². The van der Waals surface area contributed by atoms with Crippen molar-refractivity contribution in [3.8, 4) is 21.7 Å². The van der Waals surface area contributed by atoms with Crippen molar-refractivity contribution < 1.29 is 14.3 Å². The van der Waals surface area contributed by atoms with Crippen molar-refractivity contribution in [3.05, 3.63) is 42.1 Å². The van der Waals surface area contributed by atoms with E-state index in [2.05, 4.69) is 39.2 Å². The Bertz CT molecular complexity index is 1500. The van der Waals surface area contributed by atoms with Gasteiger partial charge < -0.3 is 15.8 Å². The summed E-state index contributed by atoms with van der Waals surface area (Å²) in [7, 11) is 1.65. The van der Waals surface area contributed by atoms with E-state index < -0.39 is 5.91 Å². The number of thiazole rings is 1. The molecule has 12 heteroatoms. The van der Waals surface area contributed by atoms with E-state index in [1.165, 1.54) is 17.5 Å². The van der Waals surface area contributed by atoms with Crippen LogP contribution in [0.4, 0.5) is 5.69 Å². The molecular weight excluding hydrogens is 504 g/mol. The van der Waals surface area contributed by atoms with Gasteiger partial charge in [-0.2, -0.15) is 10.2 Å².